The highest BCUT2D eigenvalue weighted by Crippen LogP contribution is 2.17. The lowest BCUT2D eigenvalue weighted by Crippen LogP contribution is -2.20. The molecule has 1 amide bonds. The van der Waals surface area contributed by atoms with Gasteiger partial charge in [0.1, 0.15) is 11.6 Å². The van der Waals surface area contributed by atoms with E-state index in [-0.39, 0.29) is 12.5 Å². The molecule has 0 unspecified atom stereocenters. The summed E-state index contributed by atoms with van der Waals surface area (Å²) in [5.41, 5.74) is 7.81. The van der Waals surface area contributed by atoms with Gasteiger partial charge in [-0.05, 0) is 42.8 Å². The molecule has 0 bridgehead atoms. The molecular weight excluding hydrogens is 259 g/mol. The second kappa shape index (κ2) is 6.06. The zero-order chi connectivity index (χ0) is 14.5. The summed E-state index contributed by atoms with van der Waals surface area (Å²) in [4.78, 5) is 11.7. The minimum absolute atomic E-state index is 0.187. The summed E-state index contributed by atoms with van der Waals surface area (Å²) in [5.74, 6) is -0.409. The smallest absolute Gasteiger partial charge is 0.262 e. The first-order valence-corrected chi connectivity index (χ1v) is 6.09. The van der Waals surface area contributed by atoms with Crippen molar-refractivity contribution in [2.24, 2.45) is 0 Å². The molecule has 0 aliphatic heterocycles. The van der Waals surface area contributed by atoms with E-state index in [2.05, 4.69) is 5.32 Å². The molecule has 0 heterocycles. The Labute approximate surface area is 116 Å². The first-order valence-electron chi connectivity index (χ1n) is 6.09. The molecule has 0 saturated heterocycles. The molecule has 2 rings (SSSR count). The van der Waals surface area contributed by atoms with Crippen LogP contribution in [-0.2, 0) is 4.79 Å². The third-order valence-electron chi connectivity index (χ3n) is 2.69. The molecule has 3 N–H and O–H groups in total. The van der Waals surface area contributed by atoms with E-state index >= 15 is 0 Å². The summed E-state index contributed by atoms with van der Waals surface area (Å²) in [6.45, 7) is 1.66. The number of ether oxygens (including phenoxy) is 1. The molecular formula is C15H15FN2O2. The quantitative estimate of drug-likeness (QED) is 0.842. The van der Waals surface area contributed by atoms with Gasteiger partial charge < -0.3 is 15.8 Å². The number of hydrogen-bond acceptors (Lipinski definition) is 3. The Balaban J connectivity index is 1.92. The number of hydrogen-bond donors (Lipinski definition) is 2. The molecule has 4 nitrogen and oxygen atoms in total. The normalized spacial score (nSPS) is 10.1. The van der Waals surface area contributed by atoms with Crippen LogP contribution in [0, 0.1) is 12.7 Å². The van der Waals surface area contributed by atoms with E-state index in [0.717, 1.165) is 5.56 Å². The van der Waals surface area contributed by atoms with Crippen LogP contribution in [0.3, 0.4) is 0 Å². The van der Waals surface area contributed by atoms with Gasteiger partial charge in [-0.3, -0.25) is 4.79 Å². The molecule has 0 fully saturated rings. The van der Waals surface area contributed by atoms with Gasteiger partial charge in [0.05, 0.1) is 0 Å². The van der Waals surface area contributed by atoms with Crippen molar-refractivity contribution in [1.82, 2.24) is 0 Å². The number of rotatable bonds is 4. The molecule has 20 heavy (non-hydrogen) atoms. The molecule has 5 heteroatoms. The lowest BCUT2D eigenvalue weighted by atomic mass is 10.2. The number of nitrogens with one attached hydrogen (secondary N) is 1. The van der Waals surface area contributed by atoms with Gasteiger partial charge in [-0.15, -0.1) is 0 Å². The summed E-state index contributed by atoms with van der Waals surface area (Å²) < 4.78 is 18.1. The van der Waals surface area contributed by atoms with Gasteiger partial charge in [0.25, 0.3) is 5.91 Å². The fourth-order valence-corrected chi connectivity index (χ4v) is 1.72. The largest absolute Gasteiger partial charge is 0.484 e. The Bertz CT molecular complexity index is 629. The second-order valence-corrected chi connectivity index (χ2v) is 4.37. The number of carbonyl (C=O) groups is 1. The SMILES string of the molecule is Cc1cc(N)ccc1NC(=O)COc1cccc(F)c1. The Kier molecular flexibility index (Phi) is 4.20. The molecule has 0 radical (unpaired) electrons. The molecule has 0 aromatic heterocycles. The molecule has 0 atom stereocenters. The summed E-state index contributed by atoms with van der Waals surface area (Å²) in [6, 6.07) is 10.8. The van der Waals surface area contributed by atoms with E-state index in [9.17, 15) is 9.18 Å². The van der Waals surface area contributed by atoms with Crippen LogP contribution in [0.1, 0.15) is 5.56 Å². The van der Waals surface area contributed by atoms with Crippen LogP contribution < -0.4 is 15.8 Å². The van der Waals surface area contributed by atoms with Gasteiger partial charge in [-0.1, -0.05) is 6.07 Å². The Hall–Kier alpha value is -2.56. The monoisotopic (exact) mass is 274 g/mol. The van der Waals surface area contributed by atoms with Gasteiger partial charge >= 0.3 is 0 Å². The topological polar surface area (TPSA) is 64.3 Å². The first kappa shape index (κ1) is 13.9. The van der Waals surface area contributed by atoms with Gasteiger partial charge in [0.2, 0.25) is 0 Å². The molecule has 2 aromatic rings. The van der Waals surface area contributed by atoms with Crippen LogP contribution in [0.25, 0.3) is 0 Å². The number of aryl methyl sites for hydroxylation is 1. The maximum absolute atomic E-state index is 12.9. The zero-order valence-electron chi connectivity index (χ0n) is 11.0. The van der Waals surface area contributed by atoms with E-state index in [1.807, 2.05) is 6.92 Å². The van der Waals surface area contributed by atoms with Crippen LogP contribution in [0.5, 0.6) is 5.75 Å². The van der Waals surface area contributed by atoms with E-state index < -0.39 is 5.82 Å². The van der Waals surface area contributed by atoms with Crippen molar-refractivity contribution in [3.63, 3.8) is 0 Å². The highest BCUT2D eigenvalue weighted by Gasteiger charge is 2.06. The first-order chi connectivity index (χ1) is 9.54. The highest BCUT2D eigenvalue weighted by molar-refractivity contribution is 5.92. The number of anilines is 2. The average molecular weight is 274 g/mol. The van der Waals surface area contributed by atoms with Crippen LogP contribution in [0.4, 0.5) is 15.8 Å². The fraction of sp³-hybridized carbons (Fsp3) is 0.133. The lowest BCUT2D eigenvalue weighted by molar-refractivity contribution is -0.118. The fourth-order valence-electron chi connectivity index (χ4n) is 1.72. The number of amides is 1. The Morgan fingerprint density at radius 1 is 1.30 bits per heavy atom. The molecule has 0 saturated carbocycles. The standard InChI is InChI=1S/C15H15FN2O2/c1-10-7-12(17)5-6-14(10)18-15(19)9-20-13-4-2-3-11(16)8-13/h2-8H,9,17H2,1H3,(H,18,19). The molecule has 0 aliphatic rings. The van der Waals surface area contributed by atoms with Crippen LogP contribution in [-0.4, -0.2) is 12.5 Å². The maximum Gasteiger partial charge on any atom is 0.262 e. The summed E-state index contributed by atoms with van der Waals surface area (Å²) in [6.07, 6.45) is 0. The van der Waals surface area contributed by atoms with Crippen LogP contribution in [0.2, 0.25) is 0 Å². The van der Waals surface area contributed by atoms with E-state index in [4.69, 9.17) is 10.5 Å². The van der Waals surface area contributed by atoms with Crippen LogP contribution >= 0.6 is 0 Å². The van der Waals surface area contributed by atoms with Crippen molar-refractivity contribution in [3.8, 4) is 5.75 Å². The maximum atomic E-state index is 12.9. The Morgan fingerprint density at radius 3 is 2.80 bits per heavy atom. The van der Waals surface area contributed by atoms with Gasteiger partial charge in [0, 0.05) is 17.4 Å². The number of benzene rings is 2. The van der Waals surface area contributed by atoms with Crippen molar-refractivity contribution >= 4 is 17.3 Å². The highest BCUT2D eigenvalue weighted by atomic mass is 19.1. The summed E-state index contributed by atoms with van der Waals surface area (Å²) in [7, 11) is 0. The number of nitrogen functional groups attached to an aromatic ring is 1. The van der Waals surface area contributed by atoms with Gasteiger partial charge in [-0.25, -0.2) is 4.39 Å². The van der Waals surface area contributed by atoms with Crippen molar-refractivity contribution in [3.05, 3.63) is 53.8 Å². The number of carbonyl (C=O) groups excluding carboxylic acids is 1. The zero-order valence-corrected chi connectivity index (χ0v) is 11.0. The predicted molar refractivity (Wildman–Crippen MR) is 76.1 cm³/mol. The predicted octanol–water partition coefficient (Wildman–Crippen LogP) is 2.73. The Morgan fingerprint density at radius 2 is 2.10 bits per heavy atom. The van der Waals surface area contributed by atoms with Gasteiger partial charge in [-0.2, -0.15) is 0 Å². The average Bonchev–Trinajstić information content (AvgIpc) is 2.40. The number of halogens is 1. The van der Waals surface area contributed by atoms with Gasteiger partial charge in [0.15, 0.2) is 6.61 Å². The molecule has 0 spiro atoms. The van der Waals surface area contributed by atoms with Crippen molar-refractivity contribution in [2.75, 3.05) is 17.7 Å². The second-order valence-electron chi connectivity index (χ2n) is 4.37. The summed E-state index contributed by atoms with van der Waals surface area (Å²) in [5, 5.41) is 2.71. The molecule has 2 aromatic carbocycles. The van der Waals surface area contributed by atoms with E-state index in [0.29, 0.717) is 17.1 Å². The van der Waals surface area contributed by atoms with Crippen molar-refractivity contribution < 1.29 is 13.9 Å². The lowest BCUT2D eigenvalue weighted by Gasteiger charge is -2.10. The van der Waals surface area contributed by atoms with Crippen LogP contribution in [0.15, 0.2) is 42.5 Å². The minimum atomic E-state index is -0.405. The molecule has 104 valence electrons. The minimum Gasteiger partial charge on any atom is -0.484 e. The molecule has 0 aliphatic carbocycles. The van der Waals surface area contributed by atoms with Crippen molar-refractivity contribution in [1.29, 1.82) is 0 Å². The van der Waals surface area contributed by atoms with Crippen molar-refractivity contribution in [2.45, 2.75) is 6.92 Å². The number of nitrogens with two attached hydrogens (primary N) is 1. The third-order valence-corrected chi connectivity index (χ3v) is 2.69. The van der Waals surface area contributed by atoms with E-state index in [1.165, 1.54) is 18.2 Å². The summed E-state index contributed by atoms with van der Waals surface area (Å²) >= 11 is 0. The van der Waals surface area contributed by atoms with E-state index in [1.54, 1.807) is 24.3 Å². The third kappa shape index (κ3) is 3.71.